The highest BCUT2D eigenvalue weighted by Gasteiger charge is 2.35. The lowest BCUT2D eigenvalue weighted by molar-refractivity contribution is -0.146. The Balaban J connectivity index is 1.56. The van der Waals surface area contributed by atoms with Gasteiger partial charge in [0.05, 0.1) is 18.4 Å². The van der Waals surface area contributed by atoms with Crippen LogP contribution in [0.5, 0.6) is 11.5 Å². The Kier molecular flexibility index (Phi) is 4.12. The highest BCUT2D eigenvalue weighted by atomic mass is 16.7. The largest absolute Gasteiger partial charge is 0.481 e. The van der Waals surface area contributed by atoms with Gasteiger partial charge in [0.15, 0.2) is 11.5 Å². The number of hydrogen-bond acceptors (Lipinski definition) is 5. The zero-order valence-electron chi connectivity index (χ0n) is 12.7. The van der Waals surface area contributed by atoms with Crippen molar-refractivity contribution in [1.29, 1.82) is 0 Å². The van der Waals surface area contributed by atoms with Gasteiger partial charge < -0.3 is 24.6 Å². The smallest absolute Gasteiger partial charge is 0.306 e. The van der Waals surface area contributed by atoms with E-state index >= 15 is 0 Å². The molecule has 0 unspecified atom stereocenters. The van der Waals surface area contributed by atoms with E-state index in [-0.39, 0.29) is 38.4 Å². The maximum atomic E-state index is 12.4. The van der Waals surface area contributed by atoms with E-state index in [1.807, 2.05) is 6.07 Å². The van der Waals surface area contributed by atoms with Crippen molar-refractivity contribution in [2.75, 3.05) is 19.9 Å². The molecule has 0 aliphatic carbocycles. The highest BCUT2D eigenvalue weighted by molar-refractivity contribution is 5.79. The molecule has 2 aliphatic heterocycles. The van der Waals surface area contributed by atoms with Crippen molar-refractivity contribution in [1.82, 2.24) is 4.90 Å². The third-order valence-electron chi connectivity index (χ3n) is 4.32. The molecule has 0 saturated carbocycles. The molecule has 7 nitrogen and oxygen atoms in total. The molecule has 1 aromatic carbocycles. The number of rotatable bonds is 4. The van der Waals surface area contributed by atoms with Gasteiger partial charge in [-0.1, -0.05) is 6.07 Å². The summed E-state index contributed by atoms with van der Waals surface area (Å²) in [6, 6.07) is 5.41. The molecule has 0 bridgehead atoms. The van der Waals surface area contributed by atoms with E-state index in [9.17, 15) is 14.7 Å². The van der Waals surface area contributed by atoms with Crippen LogP contribution in [0.2, 0.25) is 0 Å². The molecule has 0 radical (unpaired) electrons. The normalized spacial score (nSPS) is 18.7. The Hall–Kier alpha value is -2.28. The number of fused-ring (bicyclic) bond motifs is 1. The second kappa shape index (κ2) is 6.08. The molecule has 0 spiro atoms. The van der Waals surface area contributed by atoms with Gasteiger partial charge >= 0.3 is 5.97 Å². The number of carbonyl (C=O) groups excluding carboxylic acids is 1. The number of piperidine rings is 1. The third kappa shape index (κ3) is 3.56. The minimum absolute atomic E-state index is 0.0405. The van der Waals surface area contributed by atoms with Gasteiger partial charge in [0, 0.05) is 13.1 Å². The molecule has 2 aliphatic rings. The maximum absolute atomic E-state index is 12.4. The summed E-state index contributed by atoms with van der Waals surface area (Å²) in [6.45, 7) is 0.932. The Bertz CT molecular complexity index is 621. The summed E-state index contributed by atoms with van der Waals surface area (Å²) < 4.78 is 10.5. The molecule has 124 valence electrons. The Morgan fingerprint density at radius 1 is 1.17 bits per heavy atom. The molecule has 2 heterocycles. The van der Waals surface area contributed by atoms with Crippen LogP contribution in [0.4, 0.5) is 0 Å². The van der Waals surface area contributed by atoms with Crippen LogP contribution in [0.3, 0.4) is 0 Å². The molecule has 1 aromatic rings. The molecule has 3 rings (SSSR count). The van der Waals surface area contributed by atoms with Crippen LogP contribution in [-0.4, -0.2) is 52.5 Å². The van der Waals surface area contributed by atoms with Crippen LogP contribution in [0, 0.1) is 0 Å². The van der Waals surface area contributed by atoms with Gasteiger partial charge in [-0.05, 0) is 30.5 Å². The van der Waals surface area contributed by atoms with Crippen molar-refractivity contribution in [3.63, 3.8) is 0 Å². The second-order valence-corrected chi connectivity index (χ2v) is 6.04. The van der Waals surface area contributed by atoms with Crippen molar-refractivity contribution in [2.24, 2.45) is 0 Å². The number of carboxylic acid groups (broad SMARTS) is 1. The van der Waals surface area contributed by atoms with Crippen molar-refractivity contribution < 1.29 is 29.3 Å². The number of aliphatic hydroxyl groups is 1. The molecule has 2 N–H and O–H groups in total. The summed E-state index contributed by atoms with van der Waals surface area (Å²) >= 11 is 0. The highest BCUT2D eigenvalue weighted by Crippen LogP contribution is 2.33. The van der Waals surface area contributed by atoms with Gasteiger partial charge in [0.25, 0.3) is 0 Å². The maximum Gasteiger partial charge on any atom is 0.306 e. The van der Waals surface area contributed by atoms with Crippen LogP contribution in [0.1, 0.15) is 24.8 Å². The predicted molar refractivity (Wildman–Crippen MR) is 79.3 cm³/mol. The zero-order chi connectivity index (χ0) is 16.4. The first-order chi connectivity index (χ1) is 11.0. The SMILES string of the molecule is O=C(O)CC1(O)CCN(C(=O)Cc2ccc3c(c2)OCO3)CC1. The molecule has 23 heavy (non-hydrogen) atoms. The van der Waals surface area contributed by atoms with Crippen molar-refractivity contribution in [3.05, 3.63) is 23.8 Å². The number of carboxylic acids is 1. The van der Waals surface area contributed by atoms with Crippen LogP contribution < -0.4 is 9.47 Å². The topological polar surface area (TPSA) is 96.3 Å². The molecule has 1 saturated heterocycles. The number of benzene rings is 1. The zero-order valence-corrected chi connectivity index (χ0v) is 12.7. The fourth-order valence-electron chi connectivity index (χ4n) is 2.97. The second-order valence-electron chi connectivity index (χ2n) is 6.04. The number of hydrogen-bond donors (Lipinski definition) is 2. The number of nitrogens with zero attached hydrogens (tertiary/aromatic N) is 1. The van der Waals surface area contributed by atoms with E-state index in [2.05, 4.69) is 0 Å². The molecular formula is C16H19NO6. The lowest BCUT2D eigenvalue weighted by Crippen LogP contribution is -2.48. The van der Waals surface area contributed by atoms with Gasteiger partial charge in [0.1, 0.15) is 0 Å². The van der Waals surface area contributed by atoms with Gasteiger partial charge in [-0.25, -0.2) is 0 Å². The lowest BCUT2D eigenvalue weighted by Gasteiger charge is -2.37. The van der Waals surface area contributed by atoms with Gasteiger partial charge in [-0.15, -0.1) is 0 Å². The first kappa shape index (κ1) is 15.6. The Morgan fingerprint density at radius 2 is 1.87 bits per heavy atom. The van der Waals surface area contributed by atoms with E-state index in [1.54, 1.807) is 17.0 Å². The van der Waals surface area contributed by atoms with Gasteiger partial charge in [-0.2, -0.15) is 0 Å². The first-order valence-corrected chi connectivity index (χ1v) is 7.56. The summed E-state index contributed by atoms with van der Waals surface area (Å²) in [5.74, 6) is 0.261. The van der Waals surface area contributed by atoms with Crippen molar-refractivity contribution in [2.45, 2.75) is 31.3 Å². The quantitative estimate of drug-likeness (QED) is 0.851. The van der Waals surface area contributed by atoms with E-state index in [0.29, 0.717) is 24.6 Å². The number of aliphatic carboxylic acids is 1. The monoisotopic (exact) mass is 321 g/mol. The van der Waals surface area contributed by atoms with Gasteiger partial charge in [0.2, 0.25) is 12.7 Å². The average molecular weight is 321 g/mol. The van der Waals surface area contributed by atoms with Crippen LogP contribution in [0.25, 0.3) is 0 Å². The summed E-state index contributed by atoms with van der Waals surface area (Å²) in [4.78, 5) is 24.8. The molecule has 7 heteroatoms. The van der Waals surface area contributed by atoms with Crippen LogP contribution >= 0.6 is 0 Å². The third-order valence-corrected chi connectivity index (χ3v) is 4.32. The first-order valence-electron chi connectivity index (χ1n) is 7.56. The molecule has 0 aromatic heterocycles. The Morgan fingerprint density at radius 3 is 2.57 bits per heavy atom. The fourth-order valence-corrected chi connectivity index (χ4v) is 2.97. The average Bonchev–Trinajstić information content (AvgIpc) is 2.94. The summed E-state index contributed by atoms with van der Waals surface area (Å²) in [5, 5.41) is 19.0. The number of carbonyl (C=O) groups is 2. The van der Waals surface area contributed by atoms with E-state index in [0.717, 1.165) is 5.56 Å². The number of likely N-dealkylation sites (tertiary alicyclic amines) is 1. The molecule has 0 atom stereocenters. The van der Waals surface area contributed by atoms with E-state index in [4.69, 9.17) is 14.6 Å². The molecule has 1 amide bonds. The summed E-state index contributed by atoms with van der Waals surface area (Å²) in [7, 11) is 0. The van der Waals surface area contributed by atoms with E-state index in [1.165, 1.54) is 0 Å². The van der Waals surface area contributed by atoms with E-state index < -0.39 is 11.6 Å². The minimum atomic E-state index is -1.21. The van der Waals surface area contributed by atoms with Gasteiger partial charge in [-0.3, -0.25) is 9.59 Å². The van der Waals surface area contributed by atoms with Crippen molar-refractivity contribution >= 4 is 11.9 Å². The molecule has 1 fully saturated rings. The van der Waals surface area contributed by atoms with Crippen molar-refractivity contribution in [3.8, 4) is 11.5 Å². The standard InChI is InChI=1S/C16H19NO6/c18-14(8-11-1-2-12-13(7-11)23-10-22-12)17-5-3-16(21,4-6-17)9-15(19)20/h1-2,7,21H,3-6,8-10H2,(H,19,20). The number of ether oxygens (including phenoxy) is 2. The molecular weight excluding hydrogens is 302 g/mol. The fraction of sp³-hybridized carbons (Fsp3) is 0.500. The van der Waals surface area contributed by atoms with Crippen LogP contribution in [-0.2, 0) is 16.0 Å². The summed E-state index contributed by atoms with van der Waals surface area (Å²) in [6.07, 6.45) is 0.531. The lowest BCUT2D eigenvalue weighted by atomic mass is 9.88. The number of amides is 1. The summed E-state index contributed by atoms with van der Waals surface area (Å²) in [5.41, 5.74) is -0.368. The minimum Gasteiger partial charge on any atom is -0.481 e. The van der Waals surface area contributed by atoms with Crippen LogP contribution in [0.15, 0.2) is 18.2 Å². The predicted octanol–water partition coefficient (Wildman–Crippen LogP) is 0.786. The Labute approximate surface area is 133 Å².